The molecule has 0 saturated carbocycles. The van der Waals surface area contributed by atoms with Gasteiger partial charge in [-0.2, -0.15) is 0 Å². The molecule has 0 fully saturated rings. The van der Waals surface area contributed by atoms with E-state index >= 15 is 0 Å². The number of rotatable bonds is 3. The second-order valence-corrected chi connectivity index (χ2v) is 12.7. The fraction of sp³-hybridized carbons (Fsp3) is 0. The highest BCUT2D eigenvalue weighted by Crippen LogP contribution is 2.48. The highest BCUT2D eigenvalue weighted by molar-refractivity contribution is 7.26. The average molecular weight is 592 g/mol. The van der Waals surface area contributed by atoms with Gasteiger partial charge in [0.15, 0.2) is 0 Å². The predicted octanol–water partition coefficient (Wildman–Crippen LogP) is 11.3. The molecule has 0 saturated heterocycles. The highest BCUT2D eigenvalue weighted by atomic mass is 32.1. The minimum Gasteiger partial charge on any atom is -0.309 e. The lowest BCUT2D eigenvalue weighted by Crippen LogP contribution is -1.94. The van der Waals surface area contributed by atoms with Crippen molar-refractivity contribution >= 4 is 75.1 Å². The van der Waals surface area contributed by atoms with E-state index in [0.717, 1.165) is 11.3 Å². The maximum Gasteiger partial charge on any atom is 0.0634 e. The van der Waals surface area contributed by atoms with Gasteiger partial charge in [0.2, 0.25) is 0 Å². The summed E-state index contributed by atoms with van der Waals surface area (Å²) in [5.41, 5.74) is 9.55. The smallest absolute Gasteiger partial charge is 0.0634 e. The molecule has 0 unspecified atom stereocenters. The van der Waals surface area contributed by atoms with Gasteiger partial charge in [-0.1, -0.05) is 72.8 Å². The van der Waals surface area contributed by atoms with Crippen molar-refractivity contribution < 1.29 is 0 Å². The highest BCUT2D eigenvalue weighted by Gasteiger charge is 2.22. The van der Waals surface area contributed by atoms with E-state index in [-0.39, 0.29) is 0 Å². The predicted molar refractivity (Wildman–Crippen MR) is 191 cm³/mol. The van der Waals surface area contributed by atoms with E-state index in [9.17, 15) is 0 Å². The molecule has 10 rings (SSSR count). The van der Waals surface area contributed by atoms with Crippen molar-refractivity contribution in [3.8, 4) is 22.5 Å². The Morgan fingerprint density at radius 2 is 1.13 bits per heavy atom. The molecule has 0 atom stereocenters. The van der Waals surface area contributed by atoms with Gasteiger partial charge in [-0.15, -0.1) is 11.3 Å². The van der Waals surface area contributed by atoms with Crippen molar-refractivity contribution in [2.24, 2.45) is 0 Å². The quantitative estimate of drug-likeness (QED) is 0.200. The van der Waals surface area contributed by atoms with Gasteiger partial charge in [-0.3, -0.25) is 4.98 Å². The van der Waals surface area contributed by atoms with Gasteiger partial charge < -0.3 is 9.13 Å². The fourth-order valence-corrected chi connectivity index (χ4v) is 8.44. The molecule has 4 aromatic heterocycles. The second-order valence-electron chi connectivity index (χ2n) is 11.6. The molecule has 6 aromatic carbocycles. The summed E-state index contributed by atoms with van der Waals surface area (Å²) in [6.45, 7) is 0. The molecule has 4 heteroatoms. The van der Waals surface area contributed by atoms with Crippen LogP contribution in [0.1, 0.15) is 0 Å². The second kappa shape index (κ2) is 9.39. The summed E-state index contributed by atoms with van der Waals surface area (Å²) in [7, 11) is 0. The minimum atomic E-state index is 1.12. The number of thiophene rings is 1. The maximum absolute atomic E-state index is 4.40. The van der Waals surface area contributed by atoms with E-state index in [1.165, 1.54) is 75.0 Å². The van der Waals surface area contributed by atoms with Gasteiger partial charge >= 0.3 is 0 Å². The van der Waals surface area contributed by atoms with Gasteiger partial charge in [-0.25, -0.2) is 0 Å². The van der Waals surface area contributed by atoms with Crippen molar-refractivity contribution in [2.75, 3.05) is 0 Å². The van der Waals surface area contributed by atoms with Crippen LogP contribution in [-0.4, -0.2) is 14.1 Å². The molecule has 0 aliphatic rings. The van der Waals surface area contributed by atoms with Crippen LogP contribution < -0.4 is 0 Å². The van der Waals surface area contributed by atoms with E-state index in [2.05, 4.69) is 148 Å². The number of hydrogen-bond donors (Lipinski definition) is 0. The lowest BCUT2D eigenvalue weighted by molar-refractivity contribution is 1.18. The summed E-state index contributed by atoms with van der Waals surface area (Å²) in [5, 5.41) is 7.74. The lowest BCUT2D eigenvalue weighted by atomic mass is 10.0. The third-order valence-corrected chi connectivity index (χ3v) is 10.3. The Labute approximate surface area is 262 Å². The molecule has 0 amide bonds. The van der Waals surface area contributed by atoms with E-state index < -0.39 is 0 Å². The van der Waals surface area contributed by atoms with Crippen LogP contribution in [-0.2, 0) is 0 Å². The van der Waals surface area contributed by atoms with Crippen LogP contribution in [0.2, 0.25) is 0 Å². The first-order valence-electron chi connectivity index (χ1n) is 15.2. The topological polar surface area (TPSA) is 22.8 Å². The Morgan fingerprint density at radius 3 is 1.93 bits per heavy atom. The lowest BCUT2D eigenvalue weighted by Gasteiger charge is -2.10. The molecule has 210 valence electrons. The summed E-state index contributed by atoms with van der Waals surface area (Å²) < 4.78 is 7.50. The number of nitrogens with zero attached hydrogens (tertiary/aromatic N) is 3. The number of benzene rings is 6. The van der Waals surface area contributed by atoms with Crippen molar-refractivity contribution in [1.29, 1.82) is 0 Å². The van der Waals surface area contributed by atoms with Crippen LogP contribution in [0.4, 0.5) is 0 Å². The zero-order chi connectivity index (χ0) is 29.5. The number of fused-ring (bicyclic) bond motifs is 11. The normalized spacial score (nSPS) is 12.0. The molecular formula is C41H25N3S. The average Bonchev–Trinajstić information content (AvgIpc) is 3.76. The number of pyridine rings is 1. The minimum absolute atomic E-state index is 1.12. The van der Waals surface area contributed by atoms with Crippen LogP contribution in [0.15, 0.2) is 152 Å². The monoisotopic (exact) mass is 591 g/mol. The summed E-state index contributed by atoms with van der Waals surface area (Å²) >= 11 is 1.89. The first-order chi connectivity index (χ1) is 22.3. The molecule has 0 aliphatic carbocycles. The summed E-state index contributed by atoms with van der Waals surface area (Å²) in [6.07, 6.45) is 3.78. The van der Waals surface area contributed by atoms with Crippen LogP contribution in [0.5, 0.6) is 0 Å². The van der Waals surface area contributed by atoms with Crippen molar-refractivity contribution in [3.05, 3.63) is 152 Å². The molecule has 0 radical (unpaired) electrons. The first kappa shape index (κ1) is 24.7. The van der Waals surface area contributed by atoms with Crippen LogP contribution in [0.3, 0.4) is 0 Å². The molecular weight excluding hydrogens is 567 g/mol. The Hall–Kier alpha value is -5.71. The Balaban J connectivity index is 1.42. The fourth-order valence-electron chi connectivity index (χ4n) is 7.32. The summed E-state index contributed by atoms with van der Waals surface area (Å²) in [6, 6.07) is 50.7. The first-order valence-corrected chi connectivity index (χ1v) is 16.0. The SMILES string of the molecule is c1ccc(-n2c3ccccc3c3c4c(ccc32)sc2ccc3c5cc(-c6cccnc6)ccc5n(-c5ccccc5)c3c24)cc1. The molecule has 45 heavy (non-hydrogen) atoms. The summed E-state index contributed by atoms with van der Waals surface area (Å²) in [4.78, 5) is 4.40. The van der Waals surface area contributed by atoms with Gasteiger partial charge in [0.1, 0.15) is 0 Å². The Bertz CT molecular complexity index is 2730. The molecule has 0 spiro atoms. The number of aromatic nitrogens is 3. The van der Waals surface area contributed by atoms with Gasteiger partial charge in [0.05, 0.1) is 22.1 Å². The molecule has 0 bridgehead atoms. The Morgan fingerprint density at radius 1 is 0.444 bits per heavy atom. The zero-order valence-corrected chi connectivity index (χ0v) is 25.0. The third kappa shape index (κ3) is 3.48. The Kier molecular flexibility index (Phi) is 5.16. The van der Waals surface area contributed by atoms with Gasteiger partial charge in [-0.05, 0) is 72.3 Å². The van der Waals surface area contributed by atoms with E-state index in [4.69, 9.17) is 0 Å². The van der Waals surface area contributed by atoms with Crippen molar-refractivity contribution in [2.45, 2.75) is 0 Å². The zero-order valence-electron chi connectivity index (χ0n) is 24.2. The van der Waals surface area contributed by atoms with Crippen LogP contribution in [0.25, 0.3) is 86.3 Å². The van der Waals surface area contributed by atoms with E-state index in [1.54, 1.807) is 0 Å². The van der Waals surface area contributed by atoms with Gasteiger partial charge in [0, 0.05) is 71.0 Å². The number of para-hydroxylation sites is 3. The molecule has 10 aromatic rings. The van der Waals surface area contributed by atoms with Crippen LogP contribution >= 0.6 is 11.3 Å². The van der Waals surface area contributed by atoms with Crippen LogP contribution in [0, 0.1) is 0 Å². The summed E-state index contributed by atoms with van der Waals surface area (Å²) in [5.74, 6) is 0. The van der Waals surface area contributed by atoms with Crippen molar-refractivity contribution in [3.63, 3.8) is 0 Å². The van der Waals surface area contributed by atoms with E-state index in [0.29, 0.717) is 0 Å². The van der Waals surface area contributed by atoms with Gasteiger partial charge in [0.25, 0.3) is 0 Å². The van der Waals surface area contributed by atoms with E-state index in [1.807, 2.05) is 29.8 Å². The molecule has 3 nitrogen and oxygen atoms in total. The number of hydrogen-bond acceptors (Lipinski definition) is 2. The largest absolute Gasteiger partial charge is 0.309 e. The third-order valence-electron chi connectivity index (χ3n) is 9.18. The van der Waals surface area contributed by atoms with Crippen molar-refractivity contribution in [1.82, 2.24) is 14.1 Å². The maximum atomic E-state index is 4.40. The molecule has 0 aliphatic heterocycles. The molecule has 0 N–H and O–H groups in total. The molecule has 4 heterocycles. The standard InChI is InChI=1S/C41H25N3S/c1-3-11-28(12-4-1)43-33-16-8-7-15-31(33)38-35(43)20-22-36-39(38)40-37(45-36)21-18-30-32-24-26(27-10-9-23-42-25-27)17-19-34(32)44(41(30)40)29-13-5-2-6-14-29/h1-25H.